The van der Waals surface area contributed by atoms with Gasteiger partial charge in [-0.1, -0.05) is 78.9 Å². The van der Waals surface area contributed by atoms with Crippen LogP contribution >= 0.6 is 0 Å². The van der Waals surface area contributed by atoms with Crippen LogP contribution in [0.5, 0.6) is 0 Å². The van der Waals surface area contributed by atoms with Gasteiger partial charge in [-0.15, -0.1) is 0 Å². The van der Waals surface area contributed by atoms with E-state index in [1.165, 1.54) is 49.7 Å². The van der Waals surface area contributed by atoms with Crippen molar-refractivity contribution < 1.29 is 4.42 Å². The second-order valence-electron chi connectivity index (χ2n) is 10.5. The Morgan fingerprint density at radius 1 is 0.564 bits per heavy atom. The summed E-state index contributed by atoms with van der Waals surface area (Å²) >= 11 is 0. The molecule has 9 rings (SSSR count). The van der Waals surface area contributed by atoms with Gasteiger partial charge in [0.05, 0.1) is 22.2 Å². The lowest BCUT2D eigenvalue weighted by Crippen LogP contribution is -2.05. The van der Waals surface area contributed by atoms with Crippen molar-refractivity contribution in [2.24, 2.45) is 0 Å². The zero-order valence-corrected chi connectivity index (χ0v) is 21.3. The van der Waals surface area contributed by atoms with Crippen molar-refractivity contribution in [1.82, 2.24) is 9.13 Å². The predicted molar refractivity (Wildman–Crippen MR) is 162 cm³/mol. The first-order chi connectivity index (χ1) is 19.4. The van der Waals surface area contributed by atoms with Gasteiger partial charge in [-0.2, -0.15) is 0 Å². The van der Waals surface area contributed by atoms with Gasteiger partial charge in [0, 0.05) is 43.9 Å². The molecule has 3 heterocycles. The molecule has 0 amide bonds. The zero-order valence-electron chi connectivity index (χ0n) is 21.3. The molecule has 0 spiro atoms. The number of hydrogen-bond donors (Lipinski definition) is 0. The number of rotatable bonds is 2. The third-order valence-electron chi connectivity index (χ3n) is 8.38. The zero-order chi connectivity index (χ0) is 25.5. The second-order valence-corrected chi connectivity index (χ2v) is 10.5. The molecule has 0 fully saturated rings. The van der Waals surface area contributed by atoms with Crippen LogP contribution in [0.25, 0.3) is 72.1 Å². The van der Waals surface area contributed by atoms with Crippen LogP contribution in [0.4, 0.5) is 0 Å². The summed E-state index contributed by atoms with van der Waals surface area (Å²) < 4.78 is 11.1. The molecule has 3 heteroatoms. The van der Waals surface area contributed by atoms with Gasteiger partial charge in [0.25, 0.3) is 0 Å². The number of benzene rings is 5. The average molecular weight is 501 g/mol. The summed E-state index contributed by atoms with van der Waals surface area (Å²) in [6.07, 6.45) is 6.71. The molecule has 1 aliphatic carbocycles. The van der Waals surface area contributed by atoms with E-state index in [9.17, 15) is 0 Å². The smallest absolute Gasteiger partial charge is 0.135 e. The van der Waals surface area contributed by atoms with Crippen molar-refractivity contribution in [3.05, 3.63) is 127 Å². The van der Waals surface area contributed by atoms with Crippen molar-refractivity contribution in [3.8, 4) is 11.4 Å². The van der Waals surface area contributed by atoms with Crippen LogP contribution < -0.4 is 0 Å². The fourth-order valence-electron chi connectivity index (χ4n) is 6.75. The second kappa shape index (κ2) is 7.75. The Morgan fingerprint density at radius 3 is 2.18 bits per heavy atom. The highest BCUT2D eigenvalue weighted by Crippen LogP contribution is 2.41. The van der Waals surface area contributed by atoms with Gasteiger partial charge >= 0.3 is 0 Å². The van der Waals surface area contributed by atoms with Crippen molar-refractivity contribution in [1.29, 1.82) is 0 Å². The largest absolute Gasteiger partial charge is 0.456 e. The molecule has 0 atom stereocenters. The first kappa shape index (κ1) is 21.0. The third kappa shape index (κ3) is 2.82. The van der Waals surface area contributed by atoms with Gasteiger partial charge in [-0.3, -0.25) is 0 Å². The fraction of sp³-hybridized carbons (Fsp3) is 0.0556. The third-order valence-corrected chi connectivity index (χ3v) is 8.38. The molecule has 0 bridgehead atoms. The van der Waals surface area contributed by atoms with E-state index < -0.39 is 0 Å². The van der Waals surface area contributed by atoms with E-state index in [1.54, 1.807) is 0 Å². The number of allylic oxidation sites excluding steroid dienone is 1. The molecule has 0 N–H and O–H groups in total. The van der Waals surface area contributed by atoms with Crippen molar-refractivity contribution in [2.75, 3.05) is 0 Å². The Balaban J connectivity index is 1.44. The number of hydrogen-bond acceptors (Lipinski definition) is 1. The van der Waals surface area contributed by atoms with E-state index in [0.717, 1.165) is 40.5 Å². The molecular weight excluding hydrogens is 476 g/mol. The van der Waals surface area contributed by atoms with E-state index in [1.807, 2.05) is 12.1 Å². The SMILES string of the molecule is C1=Cc2c(n(-c3cccc4c5ccccc5n(-c5ccc6oc7ccccc7c6c5)c34)c3ccccc23)CC1. The quantitative estimate of drug-likeness (QED) is 0.232. The van der Waals surface area contributed by atoms with Crippen LogP contribution in [-0.2, 0) is 6.42 Å². The molecule has 0 unspecified atom stereocenters. The molecule has 1 aliphatic rings. The summed E-state index contributed by atoms with van der Waals surface area (Å²) in [6.45, 7) is 0. The standard InChI is InChI=1S/C36H24N2O/c1-6-16-31-24(10-1)25-11-2-7-17-32(25)38(31)33-18-9-14-28-26-12-3-5-15-30(26)37(36(28)33)23-20-21-35-29(22-23)27-13-4-8-19-34(27)39-35/h1-6,8-16,18-22H,7,17H2. The number of furan rings is 1. The molecule has 0 radical (unpaired) electrons. The normalized spacial score (nSPS) is 13.3. The van der Waals surface area contributed by atoms with Gasteiger partial charge < -0.3 is 13.6 Å². The lowest BCUT2D eigenvalue weighted by molar-refractivity contribution is 0.669. The number of fused-ring (bicyclic) bond motifs is 9. The number of para-hydroxylation sites is 4. The summed E-state index contributed by atoms with van der Waals surface area (Å²) in [6, 6.07) is 39.3. The molecule has 3 aromatic heterocycles. The van der Waals surface area contributed by atoms with Crippen molar-refractivity contribution >= 4 is 60.7 Å². The van der Waals surface area contributed by atoms with Crippen LogP contribution in [-0.4, -0.2) is 9.13 Å². The lowest BCUT2D eigenvalue weighted by Gasteiger charge is -2.17. The molecular formula is C36H24N2O. The molecule has 0 saturated carbocycles. The Hall–Kier alpha value is -5.02. The molecule has 39 heavy (non-hydrogen) atoms. The summed E-state index contributed by atoms with van der Waals surface area (Å²) in [5.74, 6) is 0. The van der Waals surface area contributed by atoms with Crippen molar-refractivity contribution in [2.45, 2.75) is 12.8 Å². The minimum atomic E-state index is 0.915. The molecule has 3 nitrogen and oxygen atoms in total. The monoisotopic (exact) mass is 500 g/mol. The molecule has 184 valence electrons. The van der Waals surface area contributed by atoms with E-state index in [2.05, 4.69) is 118 Å². The Bertz CT molecular complexity index is 2290. The molecule has 0 aliphatic heterocycles. The van der Waals surface area contributed by atoms with Gasteiger partial charge in [-0.25, -0.2) is 0 Å². The van der Waals surface area contributed by atoms with E-state index in [4.69, 9.17) is 4.42 Å². The fourth-order valence-corrected chi connectivity index (χ4v) is 6.75. The van der Waals surface area contributed by atoms with Crippen LogP contribution in [0.1, 0.15) is 17.7 Å². The number of aromatic nitrogens is 2. The first-order valence-corrected chi connectivity index (χ1v) is 13.6. The Morgan fingerprint density at radius 2 is 1.28 bits per heavy atom. The van der Waals surface area contributed by atoms with Gasteiger partial charge in [0.2, 0.25) is 0 Å². The van der Waals surface area contributed by atoms with E-state index in [-0.39, 0.29) is 0 Å². The van der Waals surface area contributed by atoms with Crippen LogP contribution in [0.15, 0.2) is 120 Å². The van der Waals surface area contributed by atoms with Gasteiger partial charge in [-0.05, 0) is 55.3 Å². The molecule has 0 saturated heterocycles. The maximum Gasteiger partial charge on any atom is 0.135 e. The minimum Gasteiger partial charge on any atom is -0.456 e. The summed E-state index contributed by atoms with van der Waals surface area (Å²) in [4.78, 5) is 0. The molecule has 8 aromatic rings. The molecule has 5 aromatic carbocycles. The van der Waals surface area contributed by atoms with Crippen LogP contribution in [0.2, 0.25) is 0 Å². The highest BCUT2D eigenvalue weighted by atomic mass is 16.3. The highest BCUT2D eigenvalue weighted by molar-refractivity contribution is 6.13. The first-order valence-electron chi connectivity index (χ1n) is 13.6. The lowest BCUT2D eigenvalue weighted by atomic mass is 10.0. The average Bonchev–Trinajstić information content (AvgIpc) is 3.65. The van der Waals surface area contributed by atoms with Crippen LogP contribution in [0.3, 0.4) is 0 Å². The maximum atomic E-state index is 6.17. The summed E-state index contributed by atoms with van der Waals surface area (Å²) in [7, 11) is 0. The van der Waals surface area contributed by atoms with Gasteiger partial charge in [0.15, 0.2) is 0 Å². The van der Waals surface area contributed by atoms with E-state index in [0.29, 0.717) is 0 Å². The van der Waals surface area contributed by atoms with E-state index >= 15 is 0 Å². The number of nitrogens with zero attached hydrogens (tertiary/aromatic N) is 2. The topological polar surface area (TPSA) is 23.0 Å². The summed E-state index contributed by atoms with van der Waals surface area (Å²) in [5, 5.41) is 6.12. The Kier molecular flexibility index (Phi) is 4.17. The maximum absolute atomic E-state index is 6.17. The highest BCUT2D eigenvalue weighted by Gasteiger charge is 2.23. The Labute approximate surface area is 224 Å². The summed E-state index contributed by atoms with van der Waals surface area (Å²) in [5.41, 5.74) is 10.6. The minimum absolute atomic E-state index is 0.915. The predicted octanol–water partition coefficient (Wildman–Crippen LogP) is 9.59. The van der Waals surface area contributed by atoms with Crippen molar-refractivity contribution in [3.63, 3.8) is 0 Å². The van der Waals surface area contributed by atoms with Crippen LogP contribution in [0, 0.1) is 0 Å². The van der Waals surface area contributed by atoms with Gasteiger partial charge in [0.1, 0.15) is 11.2 Å².